The van der Waals surface area contributed by atoms with Crippen LogP contribution in [0.1, 0.15) is 30.0 Å². The molecular weight excluding hydrogens is 318 g/mol. The van der Waals surface area contributed by atoms with Crippen LogP contribution in [0, 0.1) is 0 Å². The molecule has 4 nitrogen and oxygen atoms in total. The van der Waals surface area contributed by atoms with Crippen molar-refractivity contribution in [3.05, 3.63) is 46.2 Å². The number of nitrogens with zero attached hydrogens (tertiary/aromatic N) is 3. The van der Waals surface area contributed by atoms with Crippen LogP contribution >= 0.6 is 15.9 Å². The summed E-state index contributed by atoms with van der Waals surface area (Å²) in [5.41, 5.74) is 2.40. The minimum absolute atomic E-state index is 0.320. The first-order chi connectivity index (χ1) is 9.63. The van der Waals surface area contributed by atoms with E-state index in [1.807, 2.05) is 30.1 Å². The largest absolute Gasteiger partial charge is 0.508 e. The zero-order chi connectivity index (χ0) is 14.1. The lowest BCUT2D eigenvalue weighted by atomic mass is 10.1. The monoisotopic (exact) mass is 335 g/mol. The van der Waals surface area contributed by atoms with E-state index in [1.54, 1.807) is 6.07 Å². The Hall–Kier alpha value is -1.33. The van der Waals surface area contributed by atoms with Crippen LogP contribution in [0.3, 0.4) is 0 Å². The van der Waals surface area contributed by atoms with Gasteiger partial charge in [0, 0.05) is 35.9 Å². The second kappa shape index (κ2) is 5.58. The van der Waals surface area contributed by atoms with Gasteiger partial charge in [-0.1, -0.05) is 15.9 Å². The van der Waals surface area contributed by atoms with Crippen LogP contribution in [0.4, 0.5) is 0 Å². The number of halogens is 1. The molecule has 3 rings (SSSR count). The fourth-order valence-electron chi connectivity index (χ4n) is 2.91. The van der Waals surface area contributed by atoms with Gasteiger partial charge in [0.1, 0.15) is 5.75 Å². The van der Waals surface area contributed by atoms with E-state index in [0.29, 0.717) is 11.8 Å². The van der Waals surface area contributed by atoms with Gasteiger partial charge in [-0.05, 0) is 43.1 Å². The Morgan fingerprint density at radius 3 is 3.05 bits per heavy atom. The Morgan fingerprint density at radius 2 is 2.30 bits per heavy atom. The summed E-state index contributed by atoms with van der Waals surface area (Å²) in [7, 11) is 1.95. The molecule has 1 N–H and O–H groups in total. The first-order valence-corrected chi connectivity index (χ1v) is 7.63. The zero-order valence-corrected chi connectivity index (χ0v) is 13.0. The average Bonchev–Trinajstić information content (AvgIpc) is 3.02. The van der Waals surface area contributed by atoms with Gasteiger partial charge in [-0.2, -0.15) is 5.10 Å². The Kier molecular flexibility index (Phi) is 3.81. The molecule has 2 aromatic rings. The normalized spacial score (nSPS) is 19.6. The highest BCUT2D eigenvalue weighted by molar-refractivity contribution is 9.10. The van der Waals surface area contributed by atoms with Gasteiger partial charge < -0.3 is 5.11 Å². The fourth-order valence-corrected chi connectivity index (χ4v) is 3.28. The molecule has 1 aliphatic rings. The molecule has 1 saturated heterocycles. The van der Waals surface area contributed by atoms with E-state index >= 15 is 0 Å². The predicted octanol–water partition coefficient (Wildman–Crippen LogP) is 3.23. The topological polar surface area (TPSA) is 41.3 Å². The minimum atomic E-state index is 0.320. The third kappa shape index (κ3) is 2.74. The number of aromatic nitrogens is 2. The predicted molar refractivity (Wildman–Crippen MR) is 81.4 cm³/mol. The van der Waals surface area contributed by atoms with E-state index in [-0.39, 0.29) is 0 Å². The lowest BCUT2D eigenvalue weighted by Crippen LogP contribution is -2.22. The number of hydrogen-bond acceptors (Lipinski definition) is 3. The first-order valence-electron chi connectivity index (χ1n) is 6.83. The van der Waals surface area contributed by atoms with Crippen LogP contribution in [0.2, 0.25) is 0 Å². The van der Waals surface area contributed by atoms with Crippen molar-refractivity contribution in [1.29, 1.82) is 0 Å². The van der Waals surface area contributed by atoms with E-state index in [1.165, 1.54) is 18.4 Å². The number of phenolic OH excluding ortho intramolecular Hbond substituents is 1. The molecule has 0 radical (unpaired) electrons. The molecule has 1 atom stereocenters. The second-order valence-electron chi connectivity index (χ2n) is 5.35. The Bertz CT molecular complexity index is 611. The molecule has 0 amide bonds. The molecule has 1 aromatic carbocycles. The highest BCUT2D eigenvalue weighted by Gasteiger charge is 2.27. The Balaban J connectivity index is 1.81. The van der Waals surface area contributed by atoms with Crippen LogP contribution in [-0.2, 0) is 13.6 Å². The number of rotatable bonds is 3. The SMILES string of the molecule is Cn1cc([C@@H]2CCCN2Cc2cc(O)ccc2Br)cn1. The van der Waals surface area contributed by atoms with Gasteiger partial charge in [-0.3, -0.25) is 9.58 Å². The van der Waals surface area contributed by atoms with Gasteiger partial charge in [-0.25, -0.2) is 0 Å². The fraction of sp³-hybridized carbons (Fsp3) is 0.400. The van der Waals surface area contributed by atoms with Gasteiger partial charge >= 0.3 is 0 Å². The van der Waals surface area contributed by atoms with Crippen LogP contribution in [0.25, 0.3) is 0 Å². The number of aromatic hydroxyl groups is 1. The van der Waals surface area contributed by atoms with E-state index in [9.17, 15) is 5.11 Å². The minimum Gasteiger partial charge on any atom is -0.508 e. The van der Waals surface area contributed by atoms with Crippen LogP contribution in [0.15, 0.2) is 35.1 Å². The van der Waals surface area contributed by atoms with Crippen molar-refractivity contribution in [2.24, 2.45) is 7.05 Å². The Labute approximate surface area is 127 Å². The molecule has 5 heteroatoms. The van der Waals surface area contributed by atoms with E-state index in [2.05, 4.69) is 32.1 Å². The van der Waals surface area contributed by atoms with E-state index < -0.39 is 0 Å². The molecule has 1 fully saturated rings. The second-order valence-corrected chi connectivity index (χ2v) is 6.21. The van der Waals surface area contributed by atoms with Crippen LogP contribution in [0.5, 0.6) is 5.75 Å². The van der Waals surface area contributed by atoms with Gasteiger partial charge in [0.25, 0.3) is 0 Å². The molecular formula is C15H18BrN3O. The van der Waals surface area contributed by atoms with Crippen molar-refractivity contribution in [3.63, 3.8) is 0 Å². The summed E-state index contributed by atoms with van der Waals surface area (Å²) in [5, 5.41) is 13.9. The highest BCUT2D eigenvalue weighted by Crippen LogP contribution is 2.34. The van der Waals surface area contributed by atoms with Crippen molar-refractivity contribution < 1.29 is 5.11 Å². The van der Waals surface area contributed by atoms with Crippen molar-refractivity contribution in [2.45, 2.75) is 25.4 Å². The van der Waals surface area contributed by atoms with Gasteiger partial charge in [0.15, 0.2) is 0 Å². The maximum absolute atomic E-state index is 9.65. The Morgan fingerprint density at radius 1 is 1.45 bits per heavy atom. The smallest absolute Gasteiger partial charge is 0.115 e. The maximum atomic E-state index is 9.65. The van der Waals surface area contributed by atoms with Crippen LogP contribution in [-0.4, -0.2) is 26.3 Å². The highest BCUT2D eigenvalue weighted by atomic mass is 79.9. The molecule has 1 aliphatic heterocycles. The summed E-state index contributed by atoms with van der Waals surface area (Å²) in [6.45, 7) is 1.93. The summed E-state index contributed by atoms with van der Waals surface area (Å²) in [6.07, 6.45) is 6.43. The summed E-state index contributed by atoms with van der Waals surface area (Å²) >= 11 is 3.56. The average molecular weight is 336 g/mol. The number of likely N-dealkylation sites (tertiary alicyclic amines) is 1. The summed E-state index contributed by atoms with van der Waals surface area (Å²) in [6, 6.07) is 5.87. The number of hydrogen-bond donors (Lipinski definition) is 1. The quantitative estimate of drug-likeness (QED) is 0.936. The van der Waals surface area contributed by atoms with Crippen molar-refractivity contribution in [3.8, 4) is 5.75 Å². The molecule has 20 heavy (non-hydrogen) atoms. The standard InChI is InChI=1S/C15H18BrN3O/c1-18-9-12(8-17-18)15-3-2-6-19(15)10-11-7-13(20)4-5-14(11)16/h4-5,7-9,15,20H,2-3,6,10H2,1H3/t15-/m0/s1. The number of phenols is 1. The van der Waals surface area contributed by atoms with Crippen molar-refractivity contribution in [2.75, 3.05) is 6.54 Å². The first kappa shape index (κ1) is 13.6. The molecule has 0 aliphatic carbocycles. The summed E-state index contributed by atoms with van der Waals surface area (Å²) in [4.78, 5) is 2.45. The van der Waals surface area contributed by atoms with E-state index in [4.69, 9.17) is 0 Å². The summed E-state index contributed by atoms with van der Waals surface area (Å²) < 4.78 is 2.91. The van der Waals surface area contributed by atoms with E-state index in [0.717, 1.165) is 23.1 Å². The molecule has 106 valence electrons. The lowest BCUT2D eigenvalue weighted by Gasteiger charge is -2.24. The third-order valence-corrected chi connectivity index (χ3v) is 4.65. The van der Waals surface area contributed by atoms with Gasteiger partial charge in [-0.15, -0.1) is 0 Å². The molecule has 0 bridgehead atoms. The molecule has 1 aromatic heterocycles. The van der Waals surface area contributed by atoms with Crippen molar-refractivity contribution >= 4 is 15.9 Å². The lowest BCUT2D eigenvalue weighted by molar-refractivity contribution is 0.247. The molecule has 2 heterocycles. The number of aryl methyl sites for hydroxylation is 1. The molecule has 0 spiro atoms. The van der Waals surface area contributed by atoms with Crippen LogP contribution < -0.4 is 0 Å². The van der Waals surface area contributed by atoms with Crippen molar-refractivity contribution in [1.82, 2.24) is 14.7 Å². The molecule has 0 unspecified atom stereocenters. The molecule has 0 saturated carbocycles. The third-order valence-electron chi connectivity index (χ3n) is 3.88. The number of benzene rings is 1. The van der Waals surface area contributed by atoms with Gasteiger partial charge in [0.05, 0.1) is 6.20 Å². The van der Waals surface area contributed by atoms with Gasteiger partial charge in [0.2, 0.25) is 0 Å². The zero-order valence-electron chi connectivity index (χ0n) is 11.5. The maximum Gasteiger partial charge on any atom is 0.115 e. The summed E-state index contributed by atoms with van der Waals surface area (Å²) in [5.74, 6) is 0.320.